The zero-order valence-electron chi connectivity index (χ0n) is 14.3. The Hall–Kier alpha value is -2.05. The lowest BCUT2D eigenvalue weighted by Gasteiger charge is -2.30. The molecule has 0 aliphatic rings. The van der Waals surface area contributed by atoms with E-state index in [2.05, 4.69) is 12.2 Å². The molecule has 6 heteroatoms. The van der Waals surface area contributed by atoms with E-state index in [1.54, 1.807) is 13.4 Å². The summed E-state index contributed by atoms with van der Waals surface area (Å²) in [5.41, 5.74) is 0.846. The molecule has 2 rings (SSSR count). The number of nitrogens with one attached hydrogen (secondary N) is 1. The highest BCUT2D eigenvalue weighted by Crippen LogP contribution is 2.26. The normalized spacial score (nSPS) is 11.8. The average molecular weight is 348 g/mol. The van der Waals surface area contributed by atoms with Crippen LogP contribution in [0.25, 0.3) is 0 Å². The van der Waals surface area contributed by atoms with Crippen LogP contribution in [0.15, 0.2) is 47.1 Å². The lowest BCUT2D eigenvalue weighted by molar-refractivity contribution is 0.160. The Morgan fingerprint density at radius 3 is 2.75 bits per heavy atom. The summed E-state index contributed by atoms with van der Waals surface area (Å²) in [6.07, 6.45) is 1.67. The summed E-state index contributed by atoms with van der Waals surface area (Å²) in [6.45, 7) is 5.83. The third-order valence-electron chi connectivity index (χ3n) is 3.65. The molecule has 0 amide bonds. The fourth-order valence-corrected chi connectivity index (χ4v) is 2.74. The van der Waals surface area contributed by atoms with Crippen molar-refractivity contribution in [2.24, 2.45) is 0 Å². The highest BCUT2D eigenvalue weighted by Gasteiger charge is 2.21. The topological polar surface area (TPSA) is 46.9 Å². The van der Waals surface area contributed by atoms with Crippen LogP contribution in [0.1, 0.15) is 25.6 Å². The van der Waals surface area contributed by atoms with E-state index < -0.39 is 0 Å². The summed E-state index contributed by atoms with van der Waals surface area (Å²) in [7, 11) is 1.68. The molecular weight excluding hydrogens is 324 g/mol. The van der Waals surface area contributed by atoms with Crippen LogP contribution in [-0.4, -0.2) is 36.9 Å². The van der Waals surface area contributed by atoms with Crippen LogP contribution in [0.4, 0.5) is 5.69 Å². The number of furan rings is 1. The van der Waals surface area contributed by atoms with Gasteiger partial charge in [0.05, 0.1) is 31.2 Å². The van der Waals surface area contributed by atoms with Gasteiger partial charge in [-0.3, -0.25) is 0 Å². The second-order valence-electron chi connectivity index (χ2n) is 5.24. The minimum Gasteiger partial charge on any atom is -0.492 e. The highest BCUT2D eigenvalue weighted by atomic mass is 32.1. The maximum Gasteiger partial charge on any atom is 0.174 e. The number of para-hydroxylation sites is 2. The SMILES string of the molecule is CCOc1ccccc1NC(=S)N(CCOC)[C@@H](C)c1ccco1. The number of thiocarbonyl (C=S) groups is 1. The van der Waals surface area contributed by atoms with Crippen LogP contribution in [0.2, 0.25) is 0 Å². The first-order valence-corrected chi connectivity index (χ1v) is 8.40. The number of anilines is 1. The standard InChI is InChI=1S/C18H24N2O3S/c1-4-22-17-9-6-5-8-15(17)19-18(24)20(11-13-21-3)14(2)16-10-7-12-23-16/h5-10,12,14H,4,11,13H2,1-3H3,(H,19,24)/t14-/m0/s1. The van der Waals surface area contributed by atoms with Gasteiger partial charge < -0.3 is 24.1 Å². The van der Waals surface area contributed by atoms with Crippen molar-refractivity contribution in [1.29, 1.82) is 0 Å². The molecule has 0 saturated carbocycles. The van der Waals surface area contributed by atoms with Gasteiger partial charge in [-0.1, -0.05) is 12.1 Å². The lowest BCUT2D eigenvalue weighted by Crippen LogP contribution is -2.39. The maximum absolute atomic E-state index is 5.65. The molecule has 0 unspecified atom stereocenters. The second-order valence-corrected chi connectivity index (χ2v) is 5.62. The van der Waals surface area contributed by atoms with Crippen LogP contribution in [0, 0.1) is 0 Å². The van der Waals surface area contributed by atoms with Crippen LogP contribution in [0.5, 0.6) is 5.75 Å². The van der Waals surface area contributed by atoms with E-state index >= 15 is 0 Å². The third kappa shape index (κ3) is 4.72. The summed E-state index contributed by atoms with van der Waals surface area (Å²) < 4.78 is 16.4. The summed E-state index contributed by atoms with van der Waals surface area (Å²) in [4.78, 5) is 2.04. The van der Waals surface area contributed by atoms with E-state index in [4.69, 9.17) is 26.1 Å². The average Bonchev–Trinajstić information content (AvgIpc) is 3.11. The van der Waals surface area contributed by atoms with Crippen molar-refractivity contribution in [2.75, 3.05) is 32.2 Å². The molecule has 1 heterocycles. The molecule has 1 N–H and O–H groups in total. The Morgan fingerprint density at radius 1 is 1.29 bits per heavy atom. The third-order valence-corrected chi connectivity index (χ3v) is 3.98. The zero-order chi connectivity index (χ0) is 17.4. The van der Waals surface area contributed by atoms with E-state index in [-0.39, 0.29) is 6.04 Å². The molecule has 0 aliphatic carbocycles. The molecule has 0 fully saturated rings. The van der Waals surface area contributed by atoms with Crippen molar-refractivity contribution < 1.29 is 13.9 Å². The van der Waals surface area contributed by atoms with E-state index in [9.17, 15) is 0 Å². The first-order valence-electron chi connectivity index (χ1n) is 7.99. The smallest absolute Gasteiger partial charge is 0.174 e. The molecule has 1 atom stereocenters. The number of nitrogens with zero attached hydrogens (tertiary/aromatic N) is 1. The van der Waals surface area contributed by atoms with E-state index in [1.165, 1.54) is 0 Å². The van der Waals surface area contributed by atoms with Crippen LogP contribution in [-0.2, 0) is 4.74 Å². The van der Waals surface area contributed by atoms with Gasteiger partial charge in [0.15, 0.2) is 5.11 Å². The summed E-state index contributed by atoms with van der Waals surface area (Å²) in [6, 6.07) is 11.6. The largest absolute Gasteiger partial charge is 0.492 e. The molecule has 5 nitrogen and oxygen atoms in total. The predicted octanol–water partition coefficient (Wildman–Crippen LogP) is 4.08. The molecule has 0 spiro atoms. The van der Waals surface area contributed by atoms with Gasteiger partial charge in [0.1, 0.15) is 11.5 Å². The molecule has 24 heavy (non-hydrogen) atoms. The molecule has 0 aliphatic heterocycles. The van der Waals surface area contributed by atoms with Gasteiger partial charge in [-0.05, 0) is 50.3 Å². The Labute approximate surface area is 148 Å². The van der Waals surface area contributed by atoms with Crippen molar-refractivity contribution in [3.63, 3.8) is 0 Å². The van der Waals surface area contributed by atoms with Crippen molar-refractivity contribution in [3.05, 3.63) is 48.4 Å². The highest BCUT2D eigenvalue weighted by molar-refractivity contribution is 7.80. The summed E-state index contributed by atoms with van der Waals surface area (Å²) in [5, 5.41) is 3.88. The number of hydrogen-bond donors (Lipinski definition) is 1. The van der Waals surface area contributed by atoms with E-state index in [1.807, 2.05) is 48.2 Å². The monoisotopic (exact) mass is 348 g/mol. The quantitative estimate of drug-likeness (QED) is 0.725. The van der Waals surface area contributed by atoms with Crippen LogP contribution >= 0.6 is 12.2 Å². The molecule has 130 valence electrons. The van der Waals surface area contributed by atoms with Crippen molar-refractivity contribution in [3.8, 4) is 5.75 Å². The molecule has 1 aromatic carbocycles. The Morgan fingerprint density at radius 2 is 2.08 bits per heavy atom. The van der Waals surface area contributed by atoms with Gasteiger partial charge in [0.25, 0.3) is 0 Å². The fourth-order valence-electron chi connectivity index (χ4n) is 2.38. The first-order chi connectivity index (χ1) is 11.7. The van der Waals surface area contributed by atoms with Crippen LogP contribution in [0.3, 0.4) is 0 Å². The minimum absolute atomic E-state index is 0.00518. The Kier molecular flexibility index (Phi) is 7.08. The fraction of sp³-hybridized carbons (Fsp3) is 0.389. The van der Waals surface area contributed by atoms with Crippen molar-refractivity contribution >= 4 is 23.0 Å². The lowest BCUT2D eigenvalue weighted by atomic mass is 10.2. The van der Waals surface area contributed by atoms with Crippen molar-refractivity contribution in [1.82, 2.24) is 4.90 Å². The number of hydrogen-bond acceptors (Lipinski definition) is 4. The van der Waals surface area contributed by atoms with Crippen LogP contribution < -0.4 is 10.1 Å². The van der Waals surface area contributed by atoms with Gasteiger partial charge in [-0.15, -0.1) is 0 Å². The number of rotatable bonds is 8. The Balaban J connectivity index is 2.15. The van der Waals surface area contributed by atoms with Gasteiger partial charge in [-0.25, -0.2) is 0 Å². The predicted molar refractivity (Wildman–Crippen MR) is 99.5 cm³/mol. The summed E-state index contributed by atoms with van der Waals surface area (Å²) in [5.74, 6) is 1.63. The van der Waals surface area contributed by atoms with Gasteiger partial charge in [0, 0.05) is 13.7 Å². The number of methoxy groups -OCH3 is 1. The molecule has 1 aromatic heterocycles. The number of benzene rings is 1. The van der Waals surface area contributed by atoms with Crippen molar-refractivity contribution in [2.45, 2.75) is 19.9 Å². The van der Waals surface area contributed by atoms with E-state index in [0.717, 1.165) is 17.2 Å². The molecular formula is C18H24N2O3S. The van der Waals surface area contributed by atoms with E-state index in [0.29, 0.717) is 24.9 Å². The van der Waals surface area contributed by atoms with Gasteiger partial charge >= 0.3 is 0 Å². The van der Waals surface area contributed by atoms with Gasteiger partial charge in [0.2, 0.25) is 0 Å². The van der Waals surface area contributed by atoms with Gasteiger partial charge in [-0.2, -0.15) is 0 Å². The number of ether oxygens (including phenoxy) is 2. The molecule has 2 aromatic rings. The first kappa shape index (κ1) is 18.3. The second kappa shape index (κ2) is 9.30. The Bertz CT molecular complexity index is 631. The molecule has 0 saturated heterocycles. The molecule has 0 radical (unpaired) electrons. The maximum atomic E-state index is 5.65. The zero-order valence-corrected chi connectivity index (χ0v) is 15.1. The minimum atomic E-state index is -0.00518. The molecule has 0 bridgehead atoms. The summed E-state index contributed by atoms with van der Waals surface area (Å²) >= 11 is 5.63.